The summed E-state index contributed by atoms with van der Waals surface area (Å²) in [6, 6.07) is 20.2. The van der Waals surface area contributed by atoms with Crippen molar-refractivity contribution in [1.29, 1.82) is 0 Å². The third-order valence-corrected chi connectivity index (χ3v) is 5.29. The molecule has 0 aliphatic carbocycles. The van der Waals surface area contributed by atoms with E-state index in [0.717, 1.165) is 11.1 Å². The molecule has 1 unspecified atom stereocenters. The van der Waals surface area contributed by atoms with Crippen LogP contribution in [0.25, 0.3) is 0 Å². The second-order valence-corrected chi connectivity index (χ2v) is 7.36. The monoisotopic (exact) mass is 447 g/mol. The molecule has 0 bridgehead atoms. The van der Waals surface area contributed by atoms with Gasteiger partial charge in [-0.1, -0.05) is 42.5 Å². The van der Waals surface area contributed by atoms with Gasteiger partial charge in [-0.05, 0) is 29.3 Å². The summed E-state index contributed by atoms with van der Waals surface area (Å²) in [5.41, 5.74) is 1.69. The first kappa shape index (κ1) is 21.8. The van der Waals surface area contributed by atoms with Crippen molar-refractivity contribution in [3.8, 4) is 11.5 Å². The molecule has 2 amide bonds. The maximum absolute atomic E-state index is 13.1. The highest BCUT2D eigenvalue weighted by Gasteiger charge is 2.30. The molecule has 4 rings (SSSR count). The number of benzene rings is 3. The van der Waals surface area contributed by atoms with Crippen LogP contribution < -0.4 is 19.7 Å². The lowest BCUT2D eigenvalue weighted by molar-refractivity contribution is -0.384. The van der Waals surface area contributed by atoms with E-state index in [9.17, 15) is 19.7 Å². The third kappa shape index (κ3) is 4.77. The summed E-state index contributed by atoms with van der Waals surface area (Å²) in [6.45, 7) is -0.561. The Labute approximate surface area is 189 Å². The minimum atomic E-state index is -0.563. The Balaban J connectivity index is 1.60. The molecule has 33 heavy (non-hydrogen) atoms. The number of hydrogen-bond acceptors (Lipinski definition) is 6. The zero-order valence-corrected chi connectivity index (χ0v) is 17.8. The Morgan fingerprint density at radius 1 is 1.12 bits per heavy atom. The molecule has 1 N–H and O–H groups in total. The van der Waals surface area contributed by atoms with Gasteiger partial charge in [-0.25, -0.2) is 0 Å². The Bertz CT molecular complexity index is 1180. The molecule has 9 nitrogen and oxygen atoms in total. The zero-order chi connectivity index (χ0) is 23.4. The van der Waals surface area contributed by atoms with Crippen LogP contribution in [0.2, 0.25) is 0 Å². The van der Waals surface area contributed by atoms with E-state index >= 15 is 0 Å². The van der Waals surface area contributed by atoms with Gasteiger partial charge in [-0.2, -0.15) is 0 Å². The fourth-order valence-corrected chi connectivity index (χ4v) is 3.63. The van der Waals surface area contributed by atoms with Gasteiger partial charge in [-0.3, -0.25) is 24.6 Å². The topological polar surface area (TPSA) is 111 Å². The number of carbonyl (C=O) groups excluding carboxylic acids is 2. The first-order chi connectivity index (χ1) is 16.0. The summed E-state index contributed by atoms with van der Waals surface area (Å²) in [7, 11) is 1.58. The molecular weight excluding hydrogens is 426 g/mol. The molecular formula is C24H21N3O6. The van der Waals surface area contributed by atoms with Crippen molar-refractivity contribution in [2.75, 3.05) is 25.2 Å². The Morgan fingerprint density at radius 3 is 2.48 bits per heavy atom. The lowest BCUT2D eigenvalue weighted by atomic mass is 9.98. The van der Waals surface area contributed by atoms with Crippen LogP contribution in [0, 0.1) is 10.1 Å². The number of fused-ring (bicyclic) bond motifs is 1. The smallest absolute Gasteiger partial charge is 0.271 e. The van der Waals surface area contributed by atoms with Crippen LogP contribution >= 0.6 is 0 Å². The number of non-ortho nitro benzene ring substituents is 1. The van der Waals surface area contributed by atoms with Crippen molar-refractivity contribution < 1.29 is 24.0 Å². The van der Waals surface area contributed by atoms with Crippen molar-refractivity contribution in [3.63, 3.8) is 0 Å². The zero-order valence-electron chi connectivity index (χ0n) is 17.8. The first-order valence-electron chi connectivity index (χ1n) is 10.2. The van der Waals surface area contributed by atoms with Crippen LogP contribution in [0.15, 0.2) is 72.8 Å². The summed E-state index contributed by atoms with van der Waals surface area (Å²) in [6.07, 6.45) is 0. The number of anilines is 1. The second kappa shape index (κ2) is 9.39. The van der Waals surface area contributed by atoms with Gasteiger partial charge in [0, 0.05) is 12.1 Å². The molecule has 1 aliphatic rings. The molecule has 0 aromatic heterocycles. The molecule has 0 fully saturated rings. The van der Waals surface area contributed by atoms with E-state index in [1.54, 1.807) is 19.2 Å². The van der Waals surface area contributed by atoms with Crippen LogP contribution in [0.1, 0.15) is 17.2 Å². The predicted molar refractivity (Wildman–Crippen MR) is 120 cm³/mol. The number of nitro groups is 1. The van der Waals surface area contributed by atoms with E-state index in [1.807, 2.05) is 42.5 Å². The van der Waals surface area contributed by atoms with Crippen LogP contribution in [-0.2, 0) is 9.59 Å². The highest BCUT2D eigenvalue weighted by atomic mass is 16.6. The molecule has 1 heterocycles. The first-order valence-corrected chi connectivity index (χ1v) is 10.2. The minimum Gasteiger partial charge on any atom is -0.497 e. The van der Waals surface area contributed by atoms with Gasteiger partial charge in [0.1, 0.15) is 18.0 Å². The normalized spacial score (nSPS) is 13.5. The molecule has 1 atom stereocenters. The molecule has 0 saturated heterocycles. The predicted octanol–water partition coefficient (Wildman–Crippen LogP) is 3.23. The number of carbonyl (C=O) groups is 2. The number of amides is 2. The molecule has 1 aliphatic heterocycles. The summed E-state index contributed by atoms with van der Waals surface area (Å²) in [5.74, 6) is 0.114. The van der Waals surface area contributed by atoms with E-state index in [2.05, 4.69) is 5.32 Å². The fourth-order valence-electron chi connectivity index (χ4n) is 3.63. The van der Waals surface area contributed by atoms with Gasteiger partial charge < -0.3 is 14.8 Å². The van der Waals surface area contributed by atoms with Crippen LogP contribution in [0.3, 0.4) is 0 Å². The molecule has 168 valence electrons. The summed E-state index contributed by atoms with van der Waals surface area (Å²) < 4.78 is 10.6. The van der Waals surface area contributed by atoms with E-state index in [4.69, 9.17) is 9.47 Å². The van der Waals surface area contributed by atoms with Gasteiger partial charge in [0.25, 0.3) is 11.6 Å². The number of nitro benzene ring substituents is 1. The largest absolute Gasteiger partial charge is 0.497 e. The standard InChI is InChI=1S/C24H21N3O6/c1-32-19-10-7-17(8-11-19)24(16-5-3-2-4-6-16)25-22(28)14-26-20-13-18(27(30)31)9-12-21(20)33-15-23(26)29/h2-13,24H,14-15H2,1H3,(H,25,28). The number of hydrogen-bond donors (Lipinski definition) is 1. The number of methoxy groups -OCH3 is 1. The highest BCUT2D eigenvalue weighted by Crippen LogP contribution is 2.35. The molecule has 0 radical (unpaired) electrons. The van der Waals surface area contributed by atoms with E-state index in [1.165, 1.54) is 23.1 Å². The van der Waals surface area contributed by atoms with Crippen LogP contribution in [-0.4, -0.2) is 37.0 Å². The van der Waals surface area contributed by atoms with Crippen LogP contribution in [0.4, 0.5) is 11.4 Å². The molecule has 3 aromatic rings. The highest BCUT2D eigenvalue weighted by molar-refractivity contribution is 6.02. The lowest BCUT2D eigenvalue weighted by Crippen LogP contribution is -2.46. The summed E-state index contributed by atoms with van der Waals surface area (Å²) in [4.78, 5) is 37.4. The number of ether oxygens (including phenoxy) is 2. The van der Waals surface area contributed by atoms with Gasteiger partial charge in [0.05, 0.1) is 23.8 Å². The lowest BCUT2D eigenvalue weighted by Gasteiger charge is -2.29. The van der Waals surface area contributed by atoms with Crippen molar-refractivity contribution in [2.45, 2.75) is 6.04 Å². The number of nitrogens with zero attached hydrogens (tertiary/aromatic N) is 2. The van der Waals surface area contributed by atoms with E-state index < -0.39 is 22.8 Å². The van der Waals surface area contributed by atoms with Crippen molar-refractivity contribution in [1.82, 2.24) is 5.32 Å². The average molecular weight is 447 g/mol. The van der Waals surface area contributed by atoms with Crippen LogP contribution in [0.5, 0.6) is 11.5 Å². The Hall–Kier alpha value is -4.40. The van der Waals surface area contributed by atoms with Crippen molar-refractivity contribution in [2.24, 2.45) is 0 Å². The van der Waals surface area contributed by atoms with Gasteiger partial charge in [0.2, 0.25) is 5.91 Å². The van der Waals surface area contributed by atoms with Gasteiger partial charge in [0.15, 0.2) is 6.61 Å². The maximum Gasteiger partial charge on any atom is 0.271 e. The third-order valence-electron chi connectivity index (χ3n) is 5.29. The molecule has 0 saturated carbocycles. The fraction of sp³-hybridized carbons (Fsp3) is 0.167. The SMILES string of the molecule is COc1ccc(C(NC(=O)CN2C(=O)COc3ccc([N+](=O)[O-])cc32)c2ccccc2)cc1. The quantitative estimate of drug-likeness (QED) is 0.440. The summed E-state index contributed by atoms with van der Waals surface area (Å²) >= 11 is 0. The van der Waals surface area contributed by atoms with E-state index in [-0.39, 0.29) is 24.5 Å². The Morgan fingerprint density at radius 2 is 1.82 bits per heavy atom. The minimum absolute atomic E-state index is 0.191. The second-order valence-electron chi connectivity index (χ2n) is 7.36. The van der Waals surface area contributed by atoms with Crippen molar-refractivity contribution in [3.05, 3.63) is 94.0 Å². The number of rotatable bonds is 7. The Kier molecular flexibility index (Phi) is 6.21. The molecule has 0 spiro atoms. The molecule has 9 heteroatoms. The number of nitrogens with one attached hydrogen (secondary N) is 1. The average Bonchev–Trinajstić information content (AvgIpc) is 2.84. The van der Waals surface area contributed by atoms with Crippen molar-refractivity contribution >= 4 is 23.2 Å². The summed E-state index contributed by atoms with van der Waals surface area (Å²) in [5, 5.41) is 14.1. The van der Waals surface area contributed by atoms with Gasteiger partial charge in [-0.15, -0.1) is 0 Å². The molecule has 3 aromatic carbocycles. The van der Waals surface area contributed by atoms with Gasteiger partial charge >= 0.3 is 0 Å². The maximum atomic E-state index is 13.1. The van der Waals surface area contributed by atoms with E-state index in [0.29, 0.717) is 11.5 Å².